The third kappa shape index (κ3) is 3.27. The highest BCUT2D eigenvalue weighted by Crippen LogP contribution is 2.13. The highest BCUT2D eigenvalue weighted by Gasteiger charge is 2.32. The first kappa shape index (κ1) is 14.3. The number of urea groups is 1. The Morgan fingerprint density at radius 2 is 2.15 bits per heavy atom. The summed E-state index contributed by atoms with van der Waals surface area (Å²) < 4.78 is 5.59. The zero-order chi connectivity index (χ0) is 14.5. The largest absolute Gasteiger partial charge is 0.494 e. The monoisotopic (exact) mass is 277 g/mol. The van der Waals surface area contributed by atoms with Crippen molar-refractivity contribution in [3.63, 3.8) is 0 Å². The van der Waals surface area contributed by atoms with Crippen LogP contribution < -0.4 is 10.5 Å². The minimum absolute atomic E-state index is 0.150. The standard InChI is InChI=1S/C14H19N3O3/c1-16-10-13(18)17(14(16)19)6-3-7-20-12-5-2-4-11(8-12)9-15/h2,4-5,8H,3,6-7,9-10,15H2,1H3. The van der Waals surface area contributed by atoms with E-state index in [1.807, 2.05) is 24.3 Å². The molecule has 6 nitrogen and oxygen atoms in total. The number of ether oxygens (including phenoxy) is 1. The topological polar surface area (TPSA) is 75.9 Å². The number of nitrogens with zero attached hydrogens (tertiary/aromatic N) is 2. The number of carbonyl (C=O) groups excluding carboxylic acids is 2. The van der Waals surface area contributed by atoms with Crippen LogP contribution in [0, 0.1) is 0 Å². The molecular weight excluding hydrogens is 258 g/mol. The van der Waals surface area contributed by atoms with Gasteiger partial charge >= 0.3 is 6.03 Å². The maximum atomic E-state index is 11.6. The van der Waals surface area contributed by atoms with Crippen molar-refractivity contribution < 1.29 is 14.3 Å². The summed E-state index contributed by atoms with van der Waals surface area (Å²) in [4.78, 5) is 25.9. The van der Waals surface area contributed by atoms with E-state index in [1.165, 1.54) is 9.80 Å². The second kappa shape index (κ2) is 6.38. The smallest absolute Gasteiger partial charge is 0.326 e. The van der Waals surface area contributed by atoms with E-state index in [-0.39, 0.29) is 18.5 Å². The fraction of sp³-hybridized carbons (Fsp3) is 0.429. The van der Waals surface area contributed by atoms with Gasteiger partial charge in [-0.15, -0.1) is 0 Å². The lowest BCUT2D eigenvalue weighted by atomic mass is 10.2. The van der Waals surface area contributed by atoms with Gasteiger partial charge in [0.05, 0.1) is 6.61 Å². The van der Waals surface area contributed by atoms with Crippen molar-refractivity contribution in [1.29, 1.82) is 0 Å². The summed E-state index contributed by atoms with van der Waals surface area (Å²) in [6.45, 7) is 1.48. The Labute approximate surface area is 118 Å². The number of likely N-dealkylation sites (N-methyl/N-ethyl adjacent to an activating group) is 1. The number of amides is 3. The predicted octanol–water partition coefficient (Wildman–Crippen LogP) is 0.808. The van der Waals surface area contributed by atoms with Crippen LogP contribution in [0.2, 0.25) is 0 Å². The molecule has 1 heterocycles. The maximum Gasteiger partial charge on any atom is 0.326 e. The van der Waals surface area contributed by atoms with Crippen molar-refractivity contribution in [2.45, 2.75) is 13.0 Å². The summed E-state index contributed by atoms with van der Waals surface area (Å²) in [5, 5.41) is 0. The molecule has 1 aromatic rings. The van der Waals surface area contributed by atoms with Crippen molar-refractivity contribution in [1.82, 2.24) is 9.80 Å². The number of hydrogen-bond donors (Lipinski definition) is 1. The lowest BCUT2D eigenvalue weighted by molar-refractivity contribution is -0.125. The second-order valence-corrected chi connectivity index (χ2v) is 4.74. The fourth-order valence-corrected chi connectivity index (χ4v) is 2.06. The summed E-state index contributed by atoms with van der Waals surface area (Å²) in [7, 11) is 1.62. The first-order valence-corrected chi connectivity index (χ1v) is 6.59. The zero-order valence-corrected chi connectivity index (χ0v) is 11.5. The van der Waals surface area contributed by atoms with Gasteiger partial charge in [0, 0.05) is 20.1 Å². The van der Waals surface area contributed by atoms with E-state index in [9.17, 15) is 9.59 Å². The molecule has 0 spiro atoms. The van der Waals surface area contributed by atoms with E-state index >= 15 is 0 Å². The number of benzene rings is 1. The van der Waals surface area contributed by atoms with E-state index < -0.39 is 0 Å². The SMILES string of the molecule is CN1CC(=O)N(CCCOc2cccc(CN)c2)C1=O. The number of hydrogen-bond acceptors (Lipinski definition) is 4. The van der Waals surface area contributed by atoms with Gasteiger partial charge in [-0.3, -0.25) is 9.69 Å². The first-order valence-electron chi connectivity index (χ1n) is 6.59. The summed E-state index contributed by atoms with van der Waals surface area (Å²) in [6, 6.07) is 7.34. The third-order valence-electron chi connectivity index (χ3n) is 3.16. The molecule has 2 N–H and O–H groups in total. The summed E-state index contributed by atoms with van der Waals surface area (Å²) in [6.07, 6.45) is 0.609. The van der Waals surface area contributed by atoms with Crippen LogP contribution in [0.5, 0.6) is 5.75 Å². The van der Waals surface area contributed by atoms with Gasteiger partial charge in [0.1, 0.15) is 12.3 Å². The molecule has 6 heteroatoms. The Morgan fingerprint density at radius 1 is 1.35 bits per heavy atom. The molecule has 0 saturated carbocycles. The van der Waals surface area contributed by atoms with Crippen molar-refractivity contribution >= 4 is 11.9 Å². The molecule has 108 valence electrons. The number of rotatable bonds is 6. The quantitative estimate of drug-likeness (QED) is 0.616. The lowest BCUT2D eigenvalue weighted by Crippen LogP contribution is -2.33. The Hall–Kier alpha value is -2.08. The van der Waals surface area contributed by atoms with Crippen molar-refractivity contribution in [2.75, 3.05) is 26.7 Å². The van der Waals surface area contributed by atoms with Crippen molar-refractivity contribution in [3.8, 4) is 5.75 Å². The molecule has 20 heavy (non-hydrogen) atoms. The van der Waals surface area contributed by atoms with E-state index in [2.05, 4.69) is 0 Å². The average molecular weight is 277 g/mol. The van der Waals surface area contributed by atoms with Gasteiger partial charge in [-0.05, 0) is 24.1 Å². The van der Waals surface area contributed by atoms with Crippen LogP contribution in [0.1, 0.15) is 12.0 Å². The van der Waals surface area contributed by atoms with Crippen LogP contribution in [-0.2, 0) is 11.3 Å². The van der Waals surface area contributed by atoms with Crippen LogP contribution >= 0.6 is 0 Å². The molecule has 1 saturated heterocycles. The molecule has 3 amide bonds. The number of imide groups is 1. The van der Waals surface area contributed by atoms with Crippen LogP contribution in [0.15, 0.2) is 24.3 Å². The Morgan fingerprint density at radius 3 is 2.80 bits per heavy atom. The molecule has 0 radical (unpaired) electrons. The van der Waals surface area contributed by atoms with Gasteiger partial charge in [-0.25, -0.2) is 4.79 Å². The summed E-state index contributed by atoms with van der Waals surface area (Å²) >= 11 is 0. The lowest BCUT2D eigenvalue weighted by Gasteiger charge is -2.14. The molecular formula is C14H19N3O3. The Bertz CT molecular complexity index is 504. The summed E-state index contributed by atoms with van der Waals surface area (Å²) in [5.41, 5.74) is 6.57. The van der Waals surface area contributed by atoms with E-state index in [0.717, 1.165) is 11.3 Å². The average Bonchev–Trinajstić information content (AvgIpc) is 2.69. The molecule has 1 aromatic carbocycles. The molecule has 0 unspecified atom stereocenters. The van der Waals surface area contributed by atoms with Crippen molar-refractivity contribution in [3.05, 3.63) is 29.8 Å². The molecule has 1 fully saturated rings. The zero-order valence-electron chi connectivity index (χ0n) is 11.5. The van der Waals surface area contributed by atoms with Crippen LogP contribution in [0.4, 0.5) is 4.79 Å². The molecule has 2 rings (SSSR count). The minimum Gasteiger partial charge on any atom is -0.494 e. The first-order chi connectivity index (χ1) is 9.61. The van der Waals surface area contributed by atoms with Gasteiger partial charge in [0.15, 0.2) is 0 Å². The minimum atomic E-state index is -0.236. The Kier molecular flexibility index (Phi) is 4.57. The number of carbonyl (C=O) groups is 2. The normalized spacial score (nSPS) is 15.1. The van der Waals surface area contributed by atoms with Crippen LogP contribution in [0.3, 0.4) is 0 Å². The van der Waals surface area contributed by atoms with Gasteiger partial charge in [0.25, 0.3) is 0 Å². The van der Waals surface area contributed by atoms with E-state index in [4.69, 9.17) is 10.5 Å². The predicted molar refractivity (Wildman–Crippen MR) is 74.2 cm³/mol. The molecule has 0 atom stereocenters. The molecule has 1 aliphatic rings. The molecule has 0 aliphatic carbocycles. The molecule has 0 bridgehead atoms. The van der Waals surface area contributed by atoms with E-state index in [0.29, 0.717) is 26.1 Å². The van der Waals surface area contributed by atoms with Gasteiger partial charge in [0.2, 0.25) is 5.91 Å². The second-order valence-electron chi connectivity index (χ2n) is 4.74. The van der Waals surface area contributed by atoms with Crippen LogP contribution in [-0.4, -0.2) is 48.5 Å². The highest BCUT2D eigenvalue weighted by atomic mass is 16.5. The van der Waals surface area contributed by atoms with Crippen LogP contribution in [0.25, 0.3) is 0 Å². The number of nitrogens with two attached hydrogens (primary N) is 1. The van der Waals surface area contributed by atoms with Gasteiger partial charge in [-0.1, -0.05) is 12.1 Å². The maximum absolute atomic E-state index is 11.6. The fourth-order valence-electron chi connectivity index (χ4n) is 2.06. The van der Waals surface area contributed by atoms with E-state index in [1.54, 1.807) is 7.05 Å². The molecule has 0 aromatic heterocycles. The van der Waals surface area contributed by atoms with Gasteiger partial charge < -0.3 is 15.4 Å². The van der Waals surface area contributed by atoms with Crippen molar-refractivity contribution in [2.24, 2.45) is 5.73 Å². The third-order valence-corrected chi connectivity index (χ3v) is 3.16. The molecule has 1 aliphatic heterocycles. The van der Waals surface area contributed by atoms with Gasteiger partial charge in [-0.2, -0.15) is 0 Å². The highest BCUT2D eigenvalue weighted by molar-refractivity contribution is 6.01. The summed E-state index contributed by atoms with van der Waals surface area (Å²) in [5.74, 6) is 0.603. The Balaban J connectivity index is 1.76.